The van der Waals surface area contributed by atoms with Gasteiger partial charge in [0.2, 0.25) is 0 Å². The zero-order chi connectivity index (χ0) is 19.8. The van der Waals surface area contributed by atoms with Crippen molar-refractivity contribution in [1.82, 2.24) is 5.32 Å². The summed E-state index contributed by atoms with van der Waals surface area (Å²) in [5.41, 5.74) is 2.29. The van der Waals surface area contributed by atoms with E-state index >= 15 is 0 Å². The monoisotopic (exact) mass is 384 g/mol. The van der Waals surface area contributed by atoms with Crippen LogP contribution in [0.5, 0.6) is 11.5 Å². The third-order valence-electron chi connectivity index (χ3n) is 4.99. The molecule has 0 aliphatic carbocycles. The molecule has 1 saturated heterocycles. The minimum atomic E-state index is 0.0774. The van der Waals surface area contributed by atoms with Gasteiger partial charge in [-0.05, 0) is 36.8 Å². The van der Waals surface area contributed by atoms with Crippen molar-refractivity contribution in [3.05, 3.63) is 54.1 Å². The van der Waals surface area contributed by atoms with E-state index in [1.807, 2.05) is 49.4 Å². The zero-order valence-electron chi connectivity index (χ0n) is 16.7. The summed E-state index contributed by atoms with van der Waals surface area (Å²) >= 11 is 0. The van der Waals surface area contributed by atoms with Gasteiger partial charge < -0.3 is 24.6 Å². The van der Waals surface area contributed by atoms with E-state index in [-0.39, 0.29) is 5.91 Å². The van der Waals surface area contributed by atoms with E-state index in [0.717, 1.165) is 48.9 Å². The molecule has 1 amide bonds. The largest absolute Gasteiger partial charge is 0.495 e. The highest BCUT2D eigenvalue weighted by Gasteiger charge is 2.23. The fourth-order valence-electron chi connectivity index (χ4n) is 3.49. The molecule has 0 spiro atoms. The molecule has 1 fully saturated rings. The number of hydrogen-bond acceptors (Lipinski definition) is 4. The molecule has 0 radical (unpaired) electrons. The van der Waals surface area contributed by atoms with E-state index in [1.54, 1.807) is 7.11 Å². The van der Waals surface area contributed by atoms with E-state index < -0.39 is 0 Å². The van der Waals surface area contributed by atoms with Crippen LogP contribution in [0.15, 0.2) is 48.5 Å². The van der Waals surface area contributed by atoms with Gasteiger partial charge in [0, 0.05) is 0 Å². The number of methoxy groups -OCH3 is 1. The number of nitrogens with one attached hydrogen (secondary N) is 2. The first-order chi connectivity index (χ1) is 13.7. The number of carbonyl (C=O) groups excluding carboxylic acids is 1. The van der Waals surface area contributed by atoms with E-state index in [0.29, 0.717) is 19.7 Å². The quantitative estimate of drug-likeness (QED) is 0.664. The van der Waals surface area contributed by atoms with Gasteiger partial charge in [0.25, 0.3) is 5.91 Å². The summed E-state index contributed by atoms with van der Waals surface area (Å²) in [7, 11) is 1.70. The van der Waals surface area contributed by atoms with Crippen LogP contribution in [0.1, 0.15) is 5.56 Å². The van der Waals surface area contributed by atoms with Crippen LogP contribution in [-0.2, 0) is 4.79 Å². The molecule has 2 aromatic carbocycles. The number of amides is 1. The maximum absolute atomic E-state index is 12.2. The van der Waals surface area contributed by atoms with Crippen molar-refractivity contribution in [1.29, 1.82) is 0 Å². The second kappa shape index (κ2) is 9.99. The lowest BCUT2D eigenvalue weighted by molar-refractivity contribution is -0.892. The molecule has 0 atom stereocenters. The lowest BCUT2D eigenvalue weighted by Crippen LogP contribution is -3.16. The van der Waals surface area contributed by atoms with Crippen LogP contribution >= 0.6 is 0 Å². The standard InChI is InChI=1S/C22H29N3O3/c1-18-6-5-7-19(16-18)28-15-10-23-22(26)17-24-11-13-25(14-12-24)20-8-3-4-9-21(20)27-2/h3-9,16H,10-15,17H2,1-2H3,(H,23,26)/p+1. The Bertz CT molecular complexity index is 773. The highest BCUT2D eigenvalue weighted by molar-refractivity contribution is 5.76. The summed E-state index contributed by atoms with van der Waals surface area (Å²) in [6.07, 6.45) is 0. The summed E-state index contributed by atoms with van der Waals surface area (Å²) < 4.78 is 11.1. The number of nitrogens with zero attached hydrogens (tertiary/aromatic N) is 1. The van der Waals surface area contributed by atoms with Crippen molar-refractivity contribution in [3.8, 4) is 11.5 Å². The number of anilines is 1. The van der Waals surface area contributed by atoms with E-state index in [4.69, 9.17) is 9.47 Å². The number of piperazine rings is 1. The number of hydrogen-bond donors (Lipinski definition) is 2. The van der Waals surface area contributed by atoms with Gasteiger partial charge in [-0.15, -0.1) is 0 Å². The van der Waals surface area contributed by atoms with E-state index in [2.05, 4.69) is 16.3 Å². The maximum atomic E-state index is 12.2. The van der Waals surface area contributed by atoms with Crippen LogP contribution in [0.2, 0.25) is 0 Å². The molecular formula is C22H30N3O3+. The SMILES string of the molecule is COc1ccccc1N1CC[NH+](CC(=O)NCCOc2cccc(C)c2)CC1. The molecule has 0 aromatic heterocycles. The van der Waals surface area contributed by atoms with Crippen LogP contribution in [0.25, 0.3) is 0 Å². The third-order valence-corrected chi connectivity index (χ3v) is 4.99. The van der Waals surface area contributed by atoms with Gasteiger partial charge in [-0.1, -0.05) is 24.3 Å². The number of carbonyl (C=O) groups is 1. The highest BCUT2D eigenvalue weighted by Crippen LogP contribution is 2.27. The Morgan fingerprint density at radius 2 is 1.93 bits per heavy atom. The average molecular weight is 385 g/mol. The van der Waals surface area contributed by atoms with Crippen molar-refractivity contribution in [3.63, 3.8) is 0 Å². The molecule has 0 saturated carbocycles. The lowest BCUT2D eigenvalue weighted by Gasteiger charge is -2.34. The first-order valence-electron chi connectivity index (χ1n) is 9.83. The van der Waals surface area contributed by atoms with E-state index in [1.165, 1.54) is 4.90 Å². The molecule has 150 valence electrons. The predicted octanol–water partition coefficient (Wildman–Crippen LogP) is 0.904. The normalized spacial score (nSPS) is 14.6. The number of quaternary nitrogens is 1. The zero-order valence-corrected chi connectivity index (χ0v) is 16.7. The lowest BCUT2D eigenvalue weighted by atomic mass is 10.2. The third kappa shape index (κ3) is 5.63. The van der Waals surface area contributed by atoms with Gasteiger partial charge in [0.05, 0.1) is 45.5 Å². The molecule has 6 nitrogen and oxygen atoms in total. The molecule has 0 unspecified atom stereocenters. The minimum absolute atomic E-state index is 0.0774. The highest BCUT2D eigenvalue weighted by atomic mass is 16.5. The van der Waals surface area contributed by atoms with Gasteiger partial charge in [0.1, 0.15) is 18.1 Å². The summed E-state index contributed by atoms with van der Waals surface area (Å²) in [5, 5.41) is 2.96. The number of ether oxygens (including phenoxy) is 2. The van der Waals surface area contributed by atoms with E-state index in [9.17, 15) is 4.79 Å². The summed E-state index contributed by atoms with van der Waals surface area (Å²) in [6.45, 7) is 7.24. The average Bonchev–Trinajstić information content (AvgIpc) is 2.72. The number of aryl methyl sites for hydroxylation is 1. The Morgan fingerprint density at radius 1 is 1.14 bits per heavy atom. The molecule has 1 aliphatic rings. The fourth-order valence-corrected chi connectivity index (χ4v) is 3.49. The van der Waals surface area contributed by atoms with Crippen LogP contribution in [0.4, 0.5) is 5.69 Å². The van der Waals surface area contributed by atoms with Crippen molar-refractivity contribution in [2.45, 2.75) is 6.92 Å². The van der Waals surface area contributed by atoms with Crippen LogP contribution in [0, 0.1) is 6.92 Å². The number of benzene rings is 2. The molecular weight excluding hydrogens is 354 g/mol. The molecule has 2 N–H and O–H groups in total. The molecule has 2 aromatic rings. The van der Waals surface area contributed by atoms with Crippen molar-refractivity contribution < 1.29 is 19.2 Å². The van der Waals surface area contributed by atoms with Crippen LogP contribution < -0.4 is 24.6 Å². The Labute approximate surface area is 167 Å². The Hall–Kier alpha value is -2.73. The van der Waals surface area contributed by atoms with Gasteiger partial charge in [-0.25, -0.2) is 0 Å². The molecule has 6 heteroatoms. The Balaban J connectivity index is 1.35. The minimum Gasteiger partial charge on any atom is -0.495 e. The maximum Gasteiger partial charge on any atom is 0.275 e. The molecule has 1 heterocycles. The summed E-state index contributed by atoms with van der Waals surface area (Å²) in [5.74, 6) is 1.82. The Morgan fingerprint density at radius 3 is 2.68 bits per heavy atom. The van der Waals surface area contributed by atoms with Crippen LogP contribution in [-0.4, -0.2) is 58.9 Å². The van der Waals surface area contributed by atoms with Crippen molar-refractivity contribution in [2.24, 2.45) is 0 Å². The molecule has 3 rings (SSSR count). The first kappa shape index (κ1) is 20.0. The van der Waals surface area contributed by atoms with Crippen molar-refractivity contribution in [2.75, 3.05) is 57.9 Å². The molecule has 1 aliphatic heterocycles. The number of para-hydroxylation sites is 2. The number of rotatable bonds is 8. The van der Waals surface area contributed by atoms with Gasteiger partial charge >= 0.3 is 0 Å². The van der Waals surface area contributed by atoms with Gasteiger partial charge in [-0.2, -0.15) is 0 Å². The smallest absolute Gasteiger partial charge is 0.275 e. The van der Waals surface area contributed by atoms with Crippen molar-refractivity contribution >= 4 is 11.6 Å². The fraction of sp³-hybridized carbons (Fsp3) is 0.409. The predicted molar refractivity (Wildman–Crippen MR) is 110 cm³/mol. The first-order valence-corrected chi connectivity index (χ1v) is 9.83. The second-order valence-corrected chi connectivity index (χ2v) is 7.10. The van der Waals surface area contributed by atoms with Gasteiger partial charge in [0.15, 0.2) is 6.54 Å². The Kier molecular flexibility index (Phi) is 7.14. The van der Waals surface area contributed by atoms with Crippen LogP contribution in [0.3, 0.4) is 0 Å². The molecule has 28 heavy (non-hydrogen) atoms. The summed E-state index contributed by atoms with van der Waals surface area (Å²) in [6, 6.07) is 16.0. The topological polar surface area (TPSA) is 55.2 Å². The van der Waals surface area contributed by atoms with Gasteiger partial charge in [-0.3, -0.25) is 4.79 Å². The molecule has 0 bridgehead atoms. The second-order valence-electron chi connectivity index (χ2n) is 7.10. The summed E-state index contributed by atoms with van der Waals surface area (Å²) in [4.78, 5) is 15.8.